The highest BCUT2D eigenvalue weighted by atomic mass is 16.5. The summed E-state index contributed by atoms with van der Waals surface area (Å²) in [6.45, 7) is 7.89. The molecule has 0 heterocycles. The molecule has 0 aromatic heterocycles. The van der Waals surface area contributed by atoms with Crippen molar-refractivity contribution in [3.63, 3.8) is 0 Å². The maximum Gasteiger partial charge on any atom is 0.192 e. The molecule has 0 saturated heterocycles. The maximum absolute atomic E-state index is 12.3. The van der Waals surface area contributed by atoms with Gasteiger partial charge >= 0.3 is 0 Å². The first-order valence-electron chi connectivity index (χ1n) is 8.59. The van der Waals surface area contributed by atoms with Gasteiger partial charge in [0, 0.05) is 0 Å². The molecule has 25 heavy (non-hydrogen) atoms. The van der Waals surface area contributed by atoms with Crippen LogP contribution >= 0.6 is 0 Å². The van der Waals surface area contributed by atoms with E-state index in [9.17, 15) is 4.79 Å². The molecule has 4 heteroatoms. The van der Waals surface area contributed by atoms with Gasteiger partial charge < -0.3 is 15.2 Å². The Morgan fingerprint density at radius 2 is 1.76 bits per heavy atom. The van der Waals surface area contributed by atoms with Crippen LogP contribution in [0.15, 0.2) is 48.5 Å². The lowest BCUT2D eigenvalue weighted by atomic mass is 9.96. The van der Waals surface area contributed by atoms with Gasteiger partial charge in [-0.1, -0.05) is 37.3 Å². The lowest BCUT2D eigenvalue weighted by Gasteiger charge is -2.27. The molecule has 0 radical (unpaired) electrons. The van der Waals surface area contributed by atoms with Crippen molar-refractivity contribution in [2.45, 2.75) is 52.4 Å². The van der Waals surface area contributed by atoms with Crippen LogP contribution in [0.2, 0.25) is 0 Å². The molecule has 2 rings (SSSR count). The van der Waals surface area contributed by atoms with Crippen LogP contribution in [0.3, 0.4) is 0 Å². The molecule has 0 aliphatic carbocycles. The monoisotopic (exact) mass is 341 g/mol. The van der Waals surface area contributed by atoms with E-state index in [1.807, 2.05) is 62.4 Å². The van der Waals surface area contributed by atoms with E-state index in [4.69, 9.17) is 15.2 Å². The molecule has 0 aliphatic rings. The molecule has 4 nitrogen and oxygen atoms in total. The Morgan fingerprint density at radius 1 is 1.12 bits per heavy atom. The minimum absolute atomic E-state index is 0.0954. The third kappa shape index (κ3) is 5.07. The average molecular weight is 341 g/mol. The summed E-state index contributed by atoms with van der Waals surface area (Å²) in [7, 11) is 0. The van der Waals surface area contributed by atoms with E-state index in [1.165, 1.54) is 0 Å². The van der Waals surface area contributed by atoms with Gasteiger partial charge in [-0.05, 0) is 56.5 Å². The second-order valence-corrected chi connectivity index (χ2v) is 6.69. The Morgan fingerprint density at radius 3 is 2.36 bits per heavy atom. The van der Waals surface area contributed by atoms with Gasteiger partial charge in [-0.25, -0.2) is 0 Å². The smallest absolute Gasteiger partial charge is 0.192 e. The Labute approximate surface area is 150 Å². The fourth-order valence-electron chi connectivity index (χ4n) is 2.51. The third-order valence-electron chi connectivity index (χ3n) is 4.15. The van der Waals surface area contributed by atoms with Crippen LogP contribution in [-0.2, 0) is 11.4 Å². The second-order valence-electron chi connectivity index (χ2n) is 6.69. The summed E-state index contributed by atoms with van der Waals surface area (Å²) in [4.78, 5) is 12.3. The molecule has 2 aromatic carbocycles. The van der Waals surface area contributed by atoms with Crippen molar-refractivity contribution in [1.29, 1.82) is 0 Å². The molecule has 0 bridgehead atoms. The molecular weight excluding hydrogens is 314 g/mol. The molecule has 2 N–H and O–H groups in total. The van der Waals surface area contributed by atoms with Crippen LogP contribution in [0.25, 0.3) is 0 Å². The number of benzene rings is 2. The topological polar surface area (TPSA) is 61.6 Å². The number of carbonyl (C=O) groups excluding carboxylic acids is 1. The summed E-state index contributed by atoms with van der Waals surface area (Å²) >= 11 is 0. The predicted octanol–water partition coefficient (Wildman–Crippen LogP) is 4.04. The van der Waals surface area contributed by atoms with Crippen LogP contribution < -0.4 is 15.2 Å². The first-order chi connectivity index (χ1) is 11.8. The number of carbonyl (C=O) groups is 1. The maximum atomic E-state index is 12.3. The molecular formula is C21H27NO3. The second kappa shape index (κ2) is 8.17. The van der Waals surface area contributed by atoms with Crippen LogP contribution in [0.5, 0.6) is 11.5 Å². The van der Waals surface area contributed by atoms with Crippen molar-refractivity contribution in [1.82, 2.24) is 0 Å². The lowest BCUT2D eigenvalue weighted by Crippen LogP contribution is -2.48. The Bertz CT molecular complexity index is 707. The quantitative estimate of drug-likeness (QED) is 0.787. The number of Topliss-reactive ketones (excluding diaryl/α,β-unsaturated/α-hetero) is 1. The van der Waals surface area contributed by atoms with Crippen molar-refractivity contribution in [3.05, 3.63) is 59.7 Å². The molecule has 0 amide bonds. The zero-order valence-electron chi connectivity index (χ0n) is 15.4. The van der Waals surface area contributed by atoms with E-state index in [2.05, 4.69) is 0 Å². The summed E-state index contributed by atoms with van der Waals surface area (Å²) in [5.41, 5.74) is 7.03. The number of rotatable bonds is 8. The largest absolute Gasteiger partial charge is 0.489 e. The van der Waals surface area contributed by atoms with Crippen LogP contribution in [-0.4, -0.2) is 17.4 Å². The van der Waals surface area contributed by atoms with Crippen LogP contribution in [0.1, 0.15) is 38.3 Å². The van der Waals surface area contributed by atoms with Gasteiger partial charge in [0.1, 0.15) is 18.1 Å². The van der Waals surface area contributed by atoms with Gasteiger partial charge in [0.05, 0.1) is 6.04 Å². The van der Waals surface area contributed by atoms with Crippen LogP contribution in [0, 0.1) is 6.92 Å². The summed E-state index contributed by atoms with van der Waals surface area (Å²) in [5.74, 6) is 1.42. The van der Waals surface area contributed by atoms with Crippen molar-refractivity contribution >= 4 is 5.78 Å². The van der Waals surface area contributed by atoms with Gasteiger partial charge in [-0.2, -0.15) is 0 Å². The van der Waals surface area contributed by atoms with Gasteiger partial charge in [0.2, 0.25) is 0 Å². The Kier molecular flexibility index (Phi) is 6.21. The SMILES string of the molecule is CCC(N)C(=O)C(C)(C)Oc1ccc(COc2ccccc2C)cc1. The number of para-hydroxylation sites is 1. The standard InChI is InChI=1S/C21H27NO3/c1-5-18(22)20(23)21(3,4)25-17-12-10-16(11-13-17)14-24-19-9-7-6-8-15(19)2/h6-13,18H,5,14,22H2,1-4H3. The van der Waals surface area contributed by atoms with Gasteiger partial charge in [0.25, 0.3) is 0 Å². The van der Waals surface area contributed by atoms with Crippen molar-refractivity contribution < 1.29 is 14.3 Å². The fourth-order valence-corrected chi connectivity index (χ4v) is 2.51. The van der Waals surface area contributed by atoms with Gasteiger partial charge in [-0.3, -0.25) is 4.79 Å². The molecule has 134 valence electrons. The number of hydrogen-bond acceptors (Lipinski definition) is 4. The van der Waals surface area contributed by atoms with E-state index >= 15 is 0 Å². The average Bonchev–Trinajstić information content (AvgIpc) is 2.60. The number of ether oxygens (including phenoxy) is 2. The molecule has 0 saturated carbocycles. The Hall–Kier alpha value is -2.33. The first-order valence-corrected chi connectivity index (χ1v) is 8.59. The number of hydrogen-bond donors (Lipinski definition) is 1. The highest BCUT2D eigenvalue weighted by Gasteiger charge is 2.33. The third-order valence-corrected chi connectivity index (χ3v) is 4.15. The minimum Gasteiger partial charge on any atom is -0.489 e. The van der Waals surface area contributed by atoms with E-state index in [0.717, 1.165) is 16.9 Å². The highest BCUT2D eigenvalue weighted by molar-refractivity contribution is 5.91. The Balaban J connectivity index is 1.98. The van der Waals surface area contributed by atoms with Crippen molar-refractivity contribution in [3.8, 4) is 11.5 Å². The van der Waals surface area contributed by atoms with E-state index in [0.29, 0.717) is 18.8 Å². The first kappa shape index (κ1) is 19.0. The summed E-state index contributed by atoms with van der Waals surface area (Å²) in [6, 6.07) is 15.0. The van der Waals surface area contributed by atoms with E-state index in [1.54, 1.807) is 13.8 Å². The predicted molar refractivity (Wildman–Crippen MR) is 99.9 cm³/mol. The molecule has 0 spiro atoms. The molecule has 0 aliphatic heterocycles. The van der Waals surface area contributed by atoms with Gasteiger partial charge in [0.15, 0.2) is 11.4 Å². The van der Waals surface area contributed by atoms with Crippen molar-refractivity contribution in [2.75, 3.05) is 0 Å². The normalized spacial score (nSPS) is 12.5. The summed E-state index contributed by atoms with van der Waals surface area (Å²) in [6.07, 6.45) is 0.598. The molecule has 1 atom stereocenters. The summed E-state index contributed by atoms with van der Waals surface area (Å²) < 4.78 is 11.7. The molecule has 0 fully saturated rings. The fraction of sp³-hybridized carbons (Fsp3) is 0.381. The van der Waals surface area contributed by atoms with E-state index < -0.39 is 11.6 Å². The van der Waals surface area contributed by atoms with Crippen molar-refractivity contribution in [2.24, 2.45) is 5.73 Å². The van der Waals surface area contributed by atoms with Gasteiger partial charge in [-0.15, -0.1) is 0 Å². The lowest BCUT2D eigenvalue weighted by molar-refractivity contribution is -0.133. The van der Waals surface area contributed by atoms with E-state index in [-0.39, 0.29) is 5.78 Å². The van der Waals surface area contributed by atoms with Crippen LogP contribution in [0.4, 0.5) is 0 Å². The molecule has 1 unspecified atom stereocenters. The number of nitrogens with two attached hydrogens (primary N) is 1. The minimum atomic E-state index is -0.950. The highest BCUT2D eigenvalue weighted by Crippen LogP contribution is 2.22. The zero-order valence-corrected chi connectivity index (χ0v) is 15.4. The zero-order chi connectivity index (χ0) is 18.4. The molecule has 2 aromatic rings. The number of aryl methyl sites for hydroxylation is 1. The number of ketones is 1. The summed E-state index contributed by atoms with van der Waals surface area (Å²) in [5, 5.41) is 0.